The second kappa shape index (κ2) is 8.22. The van der Waals surface area contributed by atoms with Crippen molar-refractivity contribution in [3.05, 3.63) is 64.3 Å². The van der Waals surface area contributed by atoms with Crippen LogP contribution in [0.15, 0.2) is 58.6 Å². The summed E-state index contributed by atoms with van der Waals surface area (Å²) < 4.78 is 6.60. The molecule has 0 radical (unpaired) electrons. The summed E-state index contributed by atoms with van der Waals surface area (Å²) in [5.74, 6) is 0.473. The molecule has 1 amide bonds. The molecule has 2 heterocycles. The van der Waals surface area contributed by atoms with Crippen molar-refractivity contribution in [2.24, 2.45) is 0 Å². The topological polar surface area (TPSA) is 64.1 Å². The number of carbonyl (C=O) groups excluding carboxylic acids is 1. The lowest BCUT2D eigenvalue weighted by Crippen LogP contribution is -2.35. The minimum absolute atomic E-state index is 0.179. The maximum Gasteiger partial charge on any atom is 0.261 e. The number of ether oxygens (including phenoxy) is 1. The summed E-state index contributed by atoms with van der Waals surface area (Å²) in [5.41, 5.74) is 1.84. The Morgan fingerprint density at radius 3 is 2.68 bits per heavy atom. The first-order chi connectivity index (χ1) is 12.1. The van der Waals surface area contributed by atoms with E-state index in [0.717, 1.165) is 20.7 Å². The third kappa shape index (κ3) is 4.87. The van der Waals surface area contributed by atoms with Gasteiger partial charge in [-0.25, -0.2) is 4.98 Å². The molecule has 1 aromatic carbocycles. The molecule has 0 saturated heterocycles. The van der Waals surface area contributed by atoms with E-state index in [-0.39, 0.29) is 5.91 Å². The van der Waals surface area contributed by atoms with Gasteiger partial charge in [0.15, 0.2) is 6.10 Å². The number of aromatic nitrogens is 2. The van der Waals surface area contributed by atoms with Crippen LogP contribution in [0.2, 0.25) is 0 Å². The number of halogens is 1. The van der Waals surface area contributed by atoms with Gasteiger partial charge in [-0.1, -0.05) is 15.9 Å². The van der Waals surface area contributed by atoms with Gasteiger partial charge in [-0.3, -0.25) is 9.78 Å². The van der Waals surface area contributed by atoms with Crippen molar-refractivity contribution in [3.63, 3.8) is 0 Å². The van der Waals surface area contributed by atoms with E-state index in [4.69, 9.17) is 4.74 Å². The first-order valence-corrected chi connectivity index (χ1v) is 9.34. The number of pyridine rings is 1. The highest BCUT2D eigenvalue weighted by Crippen LogP contribution is 2.22. The van der Waals surface area contributed by atoms with Crippen LogP contribution >= 0.6 is 27.3 Å². The van der Waals surface area contributed by atoms with Crippen LogP contribution in [0.5, 0.6) is 5.75 Å². The van der Waals surface area contributed by atoms with E-state index >= 15 is 0 Å². The largest absolute Gasteiger partial charge is 0.481 e. The van der Waals surface area contributed by atoms with E-state index in [9.17, 15) is 4.79 Å². The molecule has 0 spiro atoms. The minimum Gasteiger partial charge on any atom is -0.481 e. The number of thiazole rings is 1. The van der Waals surface area contributed by atoms with Crippen LogP contribution in [0.3, 0.4) is 0 Å². The van der Waals surface area contributed by atoms with Crippen LogP contribution in [0.25, 0.3) is 10.6 Å². The Hall–Kier alpha value is -2.25. The Labute approximate surface area is 158 Å². The normalized spacial score (nSPS) is 11.8. The van der Waals surface area contributed by atoms with E-state index in [1.807, 2.05) is 41.8 Å². The van der Waals surface area contributed by atoms with Crippen LogP contribution in [-0.4, -0.2) is 22.0 Å². The second-order valence-electron chi connectivity index (χ2n) is 5.31. The predicted molar refractivity (Wildman–Crippen MR) is 101 cm³/mol. The fourth-order valence-corrected chi connectivity index (χ4v) is 3.20. The van der Waals surface area contributed by atoms with Gasteiger partial charge in [-0.2, -0.15) is 0 Å². The zero-order valence-electron chi connectivity index (χ0n) is 13.5. The lowest BCUT2D eigenvalue weighted by Gasteiger charge is -2.14. The number of hydrogen-bond acceptors (Lipinski definition) is 5. The molecule has 0 aliphatic heterocycles. The number of nitrogens with one attached hydrogen (secondary N) is 1. The van der Waals surface area contributed by atoms with Gasteiger partial charge in [0.1, 0.15) is 10.8 Å². The van der Waals surface area contributed by atoms with E-state index < -0.39 is 6.10 Å². The molecule has 1 N–H and O–H groups in total. The van der Waals surface area contributed by atoms with Crippen molar-refractivity contribution in [2.75, 3.05) is 0 Å². The fraction of sp³-hybridized carbons (Fsp3) is 0.167. The number of nitrogens with zero attached hydrogens (tertiary/aromatic N) is 2. The van der Waals surface area contributed by atoms with Gasteiger partial charge in [0.05, 0.1) is 12.2 Å². The summed E-state index contributed by atoms with van der Waals surface area (Å²) in [7, 11) is 0. The molecular weight excluding hydrogens is 402 g/mol. The highest BCUT2D eigenvalue weighted by Gasteiger charge is 2.15. The summed E-state index contributed by atoms with van der Waals surface area (Å²) in [6, 6.07) is 11.2. The quantitative estimate of drug-likeness (QED) is 0.656. The molecule has 1 atom stereocenters. The van der Waals surface area contributed by atoms with Gasteiger partial charge in [0.2, 0.25) is 0 Å². The average molecular weight is 418 g/mol. The zero-order valence-corrected chi connectivity index (χ0v) is 15.9. The number of rotatable bonds is 6. The predicted octanol–water partition coefficient (Wildman–Crippen LogP) is 4.05. The molecule has 0 bridgehead atoms. The molecule has 5 nitrogen and oxygen atoms in total. The molecule has 25 heavy (non-hydrogen) atoms. The van der Waals surface area contributed by atoms with Gasteiger partial charge in [0.25, 0.3) is 5.91 Å². The number of amides is 1. The summed E-state index contributed by atoms with van der Waals surface area (Å²) in [4.78, 5) is 20.7. The number of benzene rings is 1. The molecule has 128 valence electrons. The van der Waals surface area contributed by atoms with Crippen molar-refractivity contribution in [1.82, 2.24) is 15.3 Å². The van der Waals surface area contributed by atoms with Gasteiger partial charge in [0, 0.05) is 27.8 Å². The number of hydrogen-bond donors (Lipinski definition) is 1. The molecule has 3 rings (SSSR count). The van der Waals surface area contributed by atoms with E-state index in [1.165, 1.54) is 0 Å². The van der Waals surface area contributed by atoms with Gasteiger partial charge >= 0.3 is 0 Å². The molecule has 0 saturated carbocycles. The van der Waals surface area contributed by atoms with Crippen molar-refractivity contribution >= 4 is 33.2 Å². The minimum atomic E-state index is -0.584. The maximum atomic E-state index is 12.2. The van der Waals surface area contributed by atoms with Crippen molar-refractivity contribution in [2.45, 2.75) is 19.6 Å². The molecular formula is C18H16BrN3O2S. The van der Waals surface area contributed by atoms with Crippen molar-refractivity contribution in [3.8, 4) is 16.3 Å². The molecule has 3 aromatic rings. The molecule has 0 fully saturated rings. The van der Waals surface area contributed by atoms with Gasteiger partial charge < -0.3 is 10.1 Å². The highest BCUT2D eigenvalue weighted by molar-refractivity contribution is 9.10. The Balaban J connectivity index is 1.53. The third-order valence-corrected chi connectivity index (χ3v) is 4.89. The Morgan fingerprint density at radius 1 is 1.24 bits per heavy atom. The van der Waals surface area contributed by atoms with Crippen LogP contribution in [0, 0.1) is 0 Å². The average Bonchev–Trinajstić information content (AvgIpc) is 3.11. The smallest absolute Gasteiger partial charge is 0.261 e. The molecule has 0 aliphatic carbocycles. The monoisotopic (exact) mass is 417 g/mol. The SMILES string of the molecule is CC(Oc1ccc(Br)cc1)C(=O)NCc1csc(-c2ccncc2)n1. The summed E-state index contributed by atoms with van der Waals surface area (Å²) in [6.45, 7) is 2.09. The highest BCUT2D eigenvalue weighted by atomic mass is 79.9. The lowest BCUT2D eigenvalue weighted by molar-refractivity contribution is -0.127. The Morgan fingerprint density at radius 2 is 1.96 bits per heavy atom. The zero-order chi connectivity index (χ0) is 17.6. The summed E-state index contributed by atoms with van der Waals surface area (Å²) in [5, 5.41) is 5.70. The molecule has 0 aliphatic rings. The van der Waals surface area contributed by atoms with E-state index in [0.29, 0.717) is 12.3 Å². The first-order valence-electron chi connectivity index (χ1n) is 7.66. The third-order valence-electron chi connectivity index (χ3n) is 3.42. The number of carbonyl (C=O) groups is 1. The molecule has 1 unspecified atom stereocenters. The second-order valence-corrected chi connectivity index (χ2v) is 7.09. The van der Waals surface area contributed by atoms with Crippen LogP contribution in [0.1, 0.15) is 12.6 Å². The molecule has 7 heteroatoms. The van der Waals surface area contributed by atoms with Crippen LogP contribution < -0.4 is 10.1 Å². The molecule has 2 aromatic heterocycles. The standard InChI is InChI=1S/C18H16BrN3O2S/c1-12(24-16-4-2-14(19)3-5-16)17(23)21-10-15-11-25-18(22-15)13-6-8-20-9-7-13/h2-9,11-12H,10H2,1H3,(H,21,23). The van der Waals surface area contributed by atoms with E-state index in [1.54, 1.807) is 30.7 Å². The summed E-state index contributed by atoms with van der Waals surface area (Å²) >= 11 is 4.91. The first kappa shape index (κ1) is 17.6. The lowest BCUT2D eigenvalue weighted by atomic mass is 10.3. The fourth-order valence-electron chi connectivity index (χ4n) is 2.11. The van der Waals surface area contributed by atoms with Crippen LogP contribution in [-0.2, 0) is 11.3 Å². The van der Waals surface area contributed by atoms with E-state index in [2.05, 4.69) is 31.2 Å². The Kier molecular flexibility index (Phi) is 5.78. The van der Waals surface area contributed by atoms with Crippen molar-refractivity contribution < 1.29 is 9.53 Å². The maximum absolute atomic E-state index is 12.2. The van der Waals surface area contributed by atoms with Gasteiger partial charge in [-0.05, 0) is 43.3 Å². The Bertz CT molecular complexity index is 837. The van der Waals surface area contributed by atoms with Gasteiger partial charge in [-0.15, -0.1) is 11.3 Å². The van der Waals surface area contributed by atoms with Crippen molar-refractivity contribution in [1.29, 1.82) is 0 Å². The van der Waals surface area contributed by atoms with Crippen LogP contribution in [0.4, 0.5) is 0 Å². The summed E-state index contributed by atoms with van der Waals surface area (Å²) in [6.07, 6.45) is 2.89.